The van der Waals surface area contributed by atoms with Gasteiger partial charge in [-0.3, -0.25) is 14.0 Å². The molecule has 0 aliphatic rings. The molecular weight excluding hydrogens is 340 g/mol. The van der Waals surface area contributed by atoms with Crippen LogP contribution in [0.3, 0.4) is 0 Å². The van der Waals surface area contributed by atoms with Gasteiger partial charge in [0.05, 0.1) is 11.6 Å². The van der Waals surface area contributed by atoms with Gasteiger partial charge in [0.25, 0.3) is 5.56 Å². The molecule has 2 atom stereocenters. The number of rotatable bonds is 6. The Labute approximate surface area is 158 Å². The Balaban J connectivity index is 1.82. The molecule has 0 fully saturated rings. The quantitative estimate of drug-likeness (QED) is 0.623. The third-order valence-corrected chi connectivity index (χ3v) is 4.93. The molecule has 1 aromatic carbocycles. The minimum absolute atomic E-state index is 0.0152. The average Bonchev–Trinajstić information content (AvgIpc) is 2.68. The summed E-state index contributed by atoms with van der Waals surface area (Å²) in [5.74, 6) is -0.473. The van der Waals surface area contributed by atoms with E-state index in [1.165, 1.54) is 10.5 Å². The van der Waals surface area contributed by atoms with Crippen molar-refractivity contribution < 1.29 is 9.53 Å². The monoisotopic (exact) mass is 364 g/mol. The number of nitrogens with zero attached hydrogens (tertiary/aromatic N) is 2. The molecule has 3 aromatic rings. The lowest BCUT2D eigenvalue weighted by Crippen LogP contribution is -2.23. The van der Waals surface area contributed by atoms with Crippen LogP contribution in [0, 0.1) is 12.8 Å². The minimum Gasteiger partial charge on any atom is -0.459 e. The van der Waals surface area contributed by atoms with Crippen molar-refractivity contribution in [3.8, 4) is 0 Å². The van der Waals surface area contributed by atoms with Crippen molar-refractivity contribution in [3.63, 3.8) is 0 Å². The van der Waals surface area contributed by atoms with Crippen LogP contribution in [0.2, 0.25) is 0 Å². The van der Waals surface area contributed by atoms with E-state index in [9.17, 15) is 9.59 Å². The summed E-state index contributed by atoms with van der Waals surface area (Å²) < 4.78 is 7.05. The highest BCUT2D eigenvalue weighted by Gasteiger charge is 2.27. The molecule has 140 valence electrons. The van der Waals surface area contributed by atoms with Gasteiger partial charge < -0.3 is 4.74 Å². The van der Waals surface area contributed by atoms with Gasteiger partial charge in [-0.1, -0.05) is 56.7 Å². The number of esters is 1. The topological polar surface area (TPSA) is 60.7 Å². The summed E-state index contributed by atoms with van der Waals surface area (Å²) in [5, 5.41) is 0. The van der Waals surface area contributed by atoms with E-state index >= 15 is 0 Å². The lowest BCUT2D eigenvalue weighted by atomic mass is 9.86. The van der Waals surface area contributed by atoms with Gasteiger partial charge in [0.2, 0.25) is 0 Å². The number of aryl methyl sites for hydroxylation is 1. The number of carbonyl (C=O) groups excluding carboxylic acids is 1. The van der Waals surface area contributed by atoms with Crippen molar-refractivity contribution in [2.75, 3.05) is 0 Å². The van der Waals surface area contributed by atoms with Crippen molar-refractivity contribution in [3.05, 3.63) is 81.9 Å². The van der Waals surface area contributed by atoms with Crippen LogP contribution < -0.4 is 5.56 Å². The second-order valence-corrected chi connectivity index (χ2v) is 6.85. The summed E-state index contributed by atoms with van der Waals surface area (Å²) in [5.41, 5.74) is 2.69. The Hall–Kier alpha value is -2.95. The van der Waals surface area contributed by atoms with Gasteiger partial charge >= 0.3 is 5.97 Å². The normalized spacial score (nSPS) is 13.3. The Bertz CT molecular complexity index is 995. The predicted octanol–water partition coefficient (Wildman–Crippen LogP) is 3.88. The number of hydrogen-bond donors (Lipinski definition) is 0. The first-order valence-electron chi connectivity index (χ1n) is 9.20. The van der Waals surface area contributed by atoms with Crippen molar-refractivity contribution in [1.82, 2.24) is 9.38 Å². The van der Waals surface area contributed by atoms with Crippen molar-refractivity contribution in [1.29, 1.82) is 0 Å². The summed E-state index contributed by atoms with van der Waals surface area (Å²) in [6.07, 6.45) is 2.55. The molecule has 0 saturated heterocycles. The van der Waals surface area contributed by atoms with E-state index in [-0.39, 0.29) is 30.0 Å². The summed E-state index contributed by atoms with van der Waals surface area (Å²) in [7, 11) is 0. The fourth-order valence-electron chi connectivity index (χ4n) is 3.21. The first-order valence-corrected chi connectivity index (χ1v) is 9.20. The van der Waals surface area contributed by atoms with Crippen LogP contribution in [0.5, 0.6) is 0 Å². The molecule has 0 spiro atoms. The second-order valence-electron chi connectivity index (χ2n) is 6.85. The molecule has 27 heavy (non-hydrogen) atoms. The maximum atomic E-state index is 12.8. The molecule has 0 N–H and O–H groups in total. The second kappa shape index (κ2) is 8.16. The van der Waals surface area contributed by atoms with E-state index in [1.54, 1.807) is 6.20 Å². The highest BCUT2D eigenvalue weighted by atomic mass is 16.5. The van der Waals surface area contributed by atoms with E-state index in [1.807, 2.05) is 56.3 Å². The lowest BCUT2D eigenvalue weighted by molar-refractivity contribution is -0.148. The molecule has 5 heteroatoms. The van der Waals surface area contributed by atoms with Crippen molar-refractivity contribution in [2.24, 2.45) is 5.92 Å². The van der Waals surface area contributed by atoms with Gasteiger partial charge in [0.1, 0.15) is 12.3 Å². The number of ether oxygens (including phenoxy) is 1. The molecule has 0 saturated carbocycles. The zero-order chi connectivity index (χ0) is 19.4. The number of carbonyl (C=O) groups is 1. The molecule has 3 rings (SSSR count). The molecule has 0 bridgehead atoms. The number of pyridine rings is 1. The molecule has 2 aromatic heterocycles. The lowest BCUT2D eigenvalue weighted by Gasteiger charge is -2.21. The molecule has 0 aliphatic heterocycles. The standard InChI is InChI=1S/C22H24N2O3/c1-4-15(2)20(17-10-6-5-7-11-17)22(26)27-14-18-13-19(25)24-12-8-9-16(3)21(24)23-18/h5-13,15,20H,4,14H2,1-3H3/t15-,20+/m0/s1. The summed E-state index contributed by atoms with van der Waals surface area (Å²) in [6, 6.07) is 14.8. The van der Waals surface area contributed by atoms with Crippen LogP contribution >= 0.6 is 0 Å². The average molecular weight is 364 g/mol. The Kier molecular flexibility index (Phi) is 5.69. The molecule has 5 nitrogen and oxygen atoms in total. The minimum atomic E-state index is -0.334. The predicted molar refractivity (Wildman–Crippen MR) is 105 cm³/mol. The zero-order valence-electron chi connectivity index (χ0n) is 15.9. The van der Waals surface area contributed by atoms with Crippen LogP contribution in [-0.4, -0.2) is 15.4 Å². The third-order valence-electron chi connectivity index (χ3n) is 4.93. The van der Waals surface area contributed by atoms with Crippen LogP contribution in [-0.2, 0) is 16.1 Å². The van der Waals surface area contributed by atoms with Crippen LogP contribution in [0.25, 0.3) is 5.65 Å². The summed E-state index contributed by atoms with van der Waals surface area (Å²) >= 11 is 0. The summed E-state index contributed by atoms with van der Waals surface area (Å²) in [4.78, 5) is 29.6. The van der Waals surface area contributed by atoms with Gasteiger partial charge in [0, 0.05) is 12.3 Å². The maximum absolute atomic E-state index is 12.8. The number of fused-ring (bicyclic) bond motifs is 1. The Morgan fingerprint density at radius 3 is 2.63 bits per heavy atom. The van der Waals surface area contributed by atoms with Crippen molar-refractivity contribution >= 4 is 11.6 Å². The molecule has 0 amide bonds. The van der Waals surface area contributed by atoms with Gasteiger partial charge in [0.15, 0.2) is 0 Å². The van der Waals surface area contributed by atoms with E-state index in [4.69, 9.17) is 4.74 Å². The van der Waals surface area contributed by atoms with Crippen LogP contribution in [0.4, 0.5) is 0 Å². The van der Waals surface area contributed by atoms with E-state index in [0.29, 0.717) is 11.3 Å². The fraction of sp³-hybridized carbons (Fsp3) is 0.318. The number of benzene rings is 1. The molecule has 2 heterocycles. The number of aromatic nitrogens is 2. The molecule has 0 radical (unpaired) electrons. The van der Waals surface area contributed by atoms with Gasteiger partial charge in [-0.15, -0.1) is 0 Å². The largest absolute Gasteiger partial charge is 0.459 e. The molecule has 0 unspecified atom stereocenters. The Morgan fingerprint density at radius 1 is 1.19 bits per heavy atom. The maximum Gasteiger partial charge on any atom is 0.314 e. The Morgan fingerprint density at radius 2 is 1.93 bits per heavy atom. The van der Waals surface area contributed by atoms with Gasteiger partial charge in [-0.05, 0) is 30.0 Å². The molecule has 0 aliphatic carbocycles. The van der Waals surface area contributed by atoms with E-state index in [0.717, 1.165) is 17.5 Å². The zero-order valence-corrected chi connectivity index (χ0v) is 15.9. The molecular formula is C22H24N2O3. The highest BCUT2D eigenvalue weighted by molar-refractivity contribution is 5.78. The van der Waals surface area contributed by atoms with Crippen LogP contribution in [0.1, 0.15) is 43.0 Å². The van der Waals surface area contributed by atoms with E-state index in [2.05, 4.69) is 11.9 Å². The highest BCUT2D eigenvalue weighted by Crippen LogP contribution is 2.28. The SMILES string of the molecule is CC[C@H](C)[C@@H](C(=O)OCc1cc(=O)n2cccc(C)c2n1)c1ccccc1. The first kappa shape index (κ1) is 18.8. The first-order chi connectivity index (χ1) is 13.0. The summed E-state index contributed by atoms with van der Waals surface area (Å²) in [6.45, 7) is 5.98. The third kappa shape index (κ3) is 4.08. The fourth-order valence-corrected chi connectivity index (χ4v) is 3.21. The number of hydrogen-bond acceptors (Lipinski definition) is 4. The van der Waals surface area contributed by atoms with Crippen LogP contribution in [0.15, 0.2) is 59.5 Å². The smallest absolute Gasteiger partial charge is 0.314 e. The van der Waals surface area contributed by atoms with Crippen molar-refractivity contribution in [2.45, 2.75) is 39.7 Å². The van der Waals surface area contributed by atoms with Gasteiger partial charge in [-0.25, -0.2) is 4.98 Å². The van der Waals surface area contributed by atoms with E-state index < -0.39 is 0 Å². The van der Waals surface area contributed by atoms with Gasteiger partial charge in [-0.2, -0.15) is 0 Å².